The first-order valence-corrected chi connectivity index (χ1v) is 9.44. The number of aromatic nitrogens is 2. The van der Waals surface area contributed by atoms with Gasteiger partial charge in [0.2, 0.25) is 0 Å². The zero-order chi connectivity index (χ0) is 20.6. The average molecular weight is 420 g/mol. The van der Waals surface area contributed by atoms with E-state index in [9.17, 15) is 18.3 Å². The Labute approximate surface area is 170 Å². The predicted molar refractivity (Wildman–Crippen MR) is 105 cm³/mol. The molecule has 0 saturated heterocycles. The third-order valence-corrected chi connectivity index (χ3v) is 5.33. The van der Waals surface area contributed by atoms with E-state index in [-0.39, 0.29) is 0 Å². The van der Waals surface area contributed by atoms with Crippen molar-refractivity contribution in [2.45, 2.75) is 31.5 Å². The third kappa shape index (κ3) is 4.21. The third-order valence-electron chi connectivity index (χ3n) is 4.98. The second-order valence-electron chi connectivity index (χ2n) is 6.94. The van der Waals surface area contributed by atoms with E-state index in [1.54, 1.807) is 12.1 Å². The lowest BCUT2D eigenvalue weighted by Gasteiger charge is -2.24. The second-order valence-corrected chi connectivity index (χ2v) is 7.34. The van der Waals surface area contributed by atoms with Gasteiger partial charge < -0.3 is 10.4 Å². The number of alkyl halides is 3. The van der Waals surface area contributed by atoms with Gasteiger partial charge >= 0.3 is 6.18 Å². The number of anilines is 2. The maximum absolute atomic E-state index is 12.8. The fourth-order valence-electron chi connectivity index (χ4n) is 3.49. The Morgan fingerprint density at radius 2 is 1.79 bits per heavy atom. The molecule has 1 atom stereocenters. The van der Waals surface area contributed by atoms with Gasteiger partial charge in [0.15, 0.2) is 0 Å². The molecular formula is C21H17ClF3N3O. The second kappa shape index (κ2) is 7.65. The van der Waals surface area contributed by atoms with Gasteiger partial charge in [0.05, 0.1) is 17.4 Å². The van der Waals surface area contributed by atoms with E-state index in [2.05, 4.69) is 15.3 Å². The first-order valence-electron chi connectivity index (χ1n) is 9.06. The number of halogens is 4. The van der Waals surface area contributed by atoms with Crippen LogP contribution in [0.4, 0.5) is 24.7 Å². The minimum Gasteiger partial charge on any atom is -0.393 e. The van der Waals surface area contributed by atoms with E-state index in [1.807, 2.05) is 6.07 Å². The van der Waals surface area contributed by atoms with Crippen LogP contribution in [0.2, 0.25) is 5.02 Å². The van der Waals surface area contributed by atoms with Gasteiger partial charge in [-0.1, -0.05) is 23.7 Å². The predicted octanol–water partition coefficient (Wildman–Crippen LogP) is 5.41. The van der Waals surface area contributed by atoms with Crippen LogP contribution in [-0.2, 0) is 19.0 Å². The molecule has 1 heterocycles. The lowest BCUT2D eigenvalue weighted by molar-refractivity contribution is -0.137. The Balaban J connectivity index is 1.62. The molecule has 1 unspecified atom stereocenters. The largest absolute Gasteiger partial charge is 0.416 e. The summed E-state index contributed by atoms with van der Waals surface area (Å²) >= 11 is 6.30. The van der Waals surface area contributed by atoms with Crippen LogP contribution in [-0.4, -0.2) is 21.2 Å². The minimum absolute atomic E-state index is 0.422. The van der Waals surface area contributed by atoms with E-state index in [0.717, 1.165) is 28.9 Å². The number of aliphatic hydroxyl groups is 1. The summed E-state index contributed by atoms with van der Waals surface area (Å²) in [6.45, 7) is 0. The molecule has 0 bridgehead atoms. The van der Waals surface area contributed by atoms with Gasteiger partial charge in [0.25, 0.3) is 0 Å². The van der Waals surface area contributed by atoms with Crippen molar-refractivity contribution >= 4 is 23.1 Å². The highest BCUT2D eigenvalue weighted by molar-refractivity contribution is 6.31. The summed E-state index contributed by atoms with van der Waals surface area (Å²) in [5.74, 6) is 0.500. The van der Waals surface area contributed by atoms with Crippen LogP contribution in [0.3, 0.4) is 0 Å². The molecule has 1 aromatic heterocycles. The summed E-state index contributed by atoms with van der Waals surface area (Å²) in [4.78, 5) is 8.37. The van der Waals surface area contributed by atoms with Crippen molar-refractivity contribution in [2.24, 2.45) is 0 Å². The molecule has 8 heteroatoms. The van der Waals surface area contributed by atoms with Gasteiger partial charge in [0.1, 0.15) is 12.1 Å². The molecular weight excluding hydrogens is 403 g/mol. The number of rotatable bonds is 3. The number of benzene rings is 2. The topological polar surface area (TPSA) is 58.0 Å². The molecule has 29 heavy (non-hydrogen) atoms. The van der Waals surface area contributed by atoms with Crippen molar-refractivity contribution in [3.63, 3.8) is 0 Å². The number of aliphatic hydroxyl groups excluding tert-OH is 1. The Morgan fingerprint density at radius 1 is 1.03 bits per heavy atom. The van der Waals surface area contributed by atoms with Gasteiger partial charge in [0, 0.05) is 28.8 Å². The summed E-state index contributed by atoms with van der Waals surface area (Å²) < 4.78 is 38.3. The Bertz CT molecular complexity index is 1040. The first-order chi connectivity index (χ1) is 13.8. The van der Waals surface area contributed by atoms with Crippen molar-refractivity contribution in [3.8, 4) is 11.3 Å². The Kier molecular flexibility index (Phi) is 5.19. The van der Waals surface area contributed by atoms with Crippen molar-refractivity contribution in [3.05, 3.63) is 70.5 Å². The van der Waals surface area contributed by atoms with E-state index in [4.69, 9.17) is 11.6 Å². The molecule has 1 aliphatic rings. The summed E-state index contributed by atoms with van der Waals surface area (Å²) in [7, 11) is 0. The highest BCUT2D eigenvalue weighted by atomic mass is 35.5. The molecule has 0 aliphatic heterocycles. The minimum atomic E-state index is -4.38. The molecule has 4 rings (SSSR count). The fraction of sp³-hybridized carbons (Fsp3) is 0.238. The Hall–Kier alpha value is -2.64. The van der Waals surface area contributed by atoms with Crippen molar-refractivity contribution in [2.75, 3.05) is 5.32 Å². The molecule has 1 aliphatic carbocycles. The molecule has 150 valence electrons. The molecule has 0 amide bonds. The molecule has 2 aromatic carbocycles. The SMILES string of the molecule is OC1CCc2c(Cl)ccc(Nc3cc(-c4ccc(C(F)(F)F)cc4)ncn3)c2C1. The zero-order valence-electron chi connectivity index (χ0n) is 15.2. The summed E-state index contributed by atoms with van der Waals surface area (Å²) in [5, 5.41) is 13.9. The summed E-state index contributed by atoms with van der Waals surface area (Å²) in [6, 6.07) is 10.1. The average Bonchev–Trinajstić information content (AvgIpc) is 2.70. The highest BCUT2D eigenvalue weighted by Crippen LogP contribution is 2.35. The number of fused-ring (bicyclic) bond motifs is 1. The first kappa shape index (κ1) is 19.7. The zero-order valence-corrected chi connectivity index (χ0v) is 15.9. The van der Waals surface area contributed by atoms with Crippen LogP contribution < -0.4 is 5.32 Å². The van der Waals surface area contributed by atoms with Gasteiger partial charge in [-0.3, -0.25) is 0 Å². The highest BCUT2D eigenvalue weighted by Gasteiger charge is 2.30. The number of nitrogens with one attached hydrogen (secondary N) is 1. The standard InChI is InChI=1S/C21H17ClF3N3O/c22-17-7-8-18(16-9-14(29)5-6-15(16)17)28-20-10-19(26-11-27-20)12-1-3-13(4-2-12)21(23,24)25/h1-4,7-8,10-11,14,29H,5-6,9H2,(H,26,27,28). The van der Waals surface area contributed by atoms with Crippen molar-refractivity contribution < 1.29 is 18.3 Å². The number of nitrogens with zero attached hydrogens (tertiary/aromatic N) is 2. The van der Waals surface area contributed by atoms with Crippen LogP contribution in [0.1, 0.15) is 23.1 Å². The lowest BCUT2D eigenvalue weighted by atomic mass is 9.88. The van der Waals surface area contributed by atoms with Gasteiger partial charge in [-0.25, -0.2) is 9.97 Å². The van der Waals surface area contributed by atoms with Crippen molar-refractivity contribution in [1.29, 1.82) is 0 Å². The summed E-state index contributed by atoms with van der Waals surface area (Å²) in [5.41, 5.74) is 3.10. The maximum atomic E-state index is 12.8. The number of hydrogen-bond acceptors (Lipinski definition) is 4. The normalized spacial score (nSPS) is 16.4. The van der Waals surface area contributed by atoms with Gasteiger partial charge in [-0.2, -0.15) is 13.2 Å². The number of hydrogen-bond donors (Lipinski definition) is 2. The maximum Gasteiger partial charge on any atom is 0.416 e. The van der Waals surface area contributed by atoms with Crippen LogP contribution >= 0.6 is 11.6 Å². The monoisotopic (exact) mass is 419 g/mol. The van der Waals surface area contributed by atoms with E-state index < -0.39 is 17.8 Å². The molecule has 2 N–H and O–H groups in total. The molecule has 0 radical (unpaired) electrons. The van der Waals surface area contributed by atoms with E-state index in [0.29, 0.717) is 41.4 Å². The molecule has 3 aromatic rings. The smallest absolute Gasteiger partial charge is 0.393 e. The lowest BCUT2D eigenvalue weighted by Crippen LogP contribution is -2.20. The molecule has 0 saturated carbocycles. The quantitative estimate of drug-likeness (QED) is 0.596. The molecule has 0 fully saturated rings. The van der Waals surface area contributed by atoms with Crippen LogP contribution in [0.5, 0.6) is 0 Å². The molecule has 0 spiro atoms. The van der Waals surface area contributed by atoms with Crippen molar-refractivity contribution in [1.82, 2.24) is 9.97 Å². The van der Waals surface area contributed by atoms with Gasteiger partial charge in [-0.05, 0) is 48.2 Å². The van der Waals surface area contributed by atoms with E-state index >= 15 is 0 Å². The van der Waals surface area contributed by atoms with Gasteiger partial charge in [-0.15, -0.1) is 0 Å². The fourth-order valence-corrected chi connectivity index (χ4v) is 3.76. The molecule has 4 nitrogen and oxygen atoms in total. The summed E-state index contributed by atoms with van der Waals surface area (Å²) in [6.07, 6.45) is -1.58. The van der Waals surface area contributed by atoms with Crippen LogP contribution in [0, 0.1) is 0 Å². The Morgan fingerprint density at radius 3 is 2.52 bits per heavy atom. The van der Waals surface area contributed by atoms with Crippen LogP contribution in [0.25, 0.3) is 11.3 Å². The van der Waals surface area contributed by atoms with E-state index in [1.165, 1.54) is 18.5 Å². The van der Waals surface area contributed by atoms with Crippen LogP contribution in [0.15, 0.2) is 48.8 Å².